The highest BCUT2D eigenvalue weighted by molar-refractivity contribution is 5.69. The predicted octanol–water partition coefficient (Wildman–Crippen LogP) is 1.83. The summed E-state index contributed by atoms with van der Waals surface area (Å²) in [4.78, 5) is 0. The average molecular weight is 235 g/mol. The van der Waals surface area contributed by atoms with Gasteiger partial charge in [-0.25, -0.2) is 0 Å². The quantitative estimate of drug-likeness (QED) is 0.865. The minimum absolute atomic E-state index is 0.548. The van der Waals surface area contributed by atoms with Gasteiger partial charge in [0, 0.05) is 0 Å². The molecule has 0 fully saturated rings. The monoisotopic (exact) mass is 235 g/mol. The molecule has 0 aromatic heterocycles. The van der Waals surface area contributed by atoms with Gasteiger partial charge in [-0.2, -0.15) is 0 Å². The molecule has 1 aromatic rings. The van der Waals surface area contributed by atoms with E-state index in [0.29, 0.717) is 37.0 Å². The SMILES string of the molecule is C=C(CCN)c1cc(OC)c2c(c1)OCCO2. The summed E-state index contributed by atoms with van der Waals surface area (Å²) in [7, 11) is 1.61. The van der Waals surface area contributed by atoms with Crippen molar-refractivity contribution in [2.24, 2.45) is 5.73 Å². The molecule has 0 spiro atoms. The summed E-state index contributed by atoms with van der Waals surface area (Å²) in [5.74, 6) is 2.06. The van der Waals surface area contributed by atoms with E-state index in [2.05, 4.69) is 6.58 Å². The van der Waals surface area contributed by atoms with Crippen molar-refractivity contribution in [3.63, 3.8) is 0 Å². The van der Waals surface area contributed by atoms with Gasteiger partial charge in [0.15, 0.2) is 11.5 Å². The lowest BCUT2D eigenvalue weighted by Crippen LogP contribution is -2.16. The normalized spacial score (nSPS) is 13.3. The van der Waals surface area contributed by atoms with Crippen LogP contribution in [0.3, 0.4) is 0 Å². The van der Waals surface area contributed by atoms with Gasteiger partial charge in [-0.15, -0.1) is 0 Å². The zero-order valence-electron chi connectivity index (χ0n) is 9.99. The first kappa shape index (κ1) is 11.8. The van der Waals surface area contributed by atoms with Gasteiger partial charge in [-0.1, -0.05) is 6.58 Å². The van der Waals surface area contributed by atoms with Crippen LogP contribution in [-0.2, 0) is 0 Å². The number of fused-ring (bicyclic) bond motifs is 1. The summed E-state index contributed by atoms with van der Waals surface area (Å²) in [5, 5.41) is 0. The van der Waals surface area contributed by atoms with Crippen molar-refractivity contribution in [3.05, 3.63) is 24.3 Å². The molecule has 0 radical (unpaired) electrons. The van der Waals surface area contributed by atoms with Gasteiger partial charge in [0.1, 0.15) is 13.2 Å². The van der Waals surface area contributed by atoms with Crippen LogP contribution in [0.1, 0.15) is 12.0 Å². The van der Waals surface area contributed by atoms with Crippen LogP contribution in [0.25, 0.3) is 5.57 Å². The number of hydrogen-bond donors (Lipinski definition) is 1. The van der Waals surface area contributed by atoms with Crippen molar-refractivity contribution in [3.8, 4) is 17.2 Å². The highest BCUT2D eigenvalue weighted by Gasteiger charge is 2.18. The van der Waals surface area contributed by atoms with Crippen molar-refractivity contribution in [2.75, 3.05) is 26.9 Å². The Kier molecular flexibility index (Phi) is 3.54. The summed E-state index contributed by atoms with van der Waals surface area (Å²) < 4.78 is 16.4. The molecule has 4 heteroatoms. The summed E-state index contributed by atoms with van der Waals surface area (Å²) in [6.45, 7) is 5.69. The fourth-order valence-corrected chi connectivity index (χ4v) is 1.80. The van der Waals surface area contributed by atoms with Crippen LogP contribution < -0.4 is 19.9 Å². The zero-order chi connectivity index (χ0) is 12.3. The zero-order valence-corrected chi connectivity index (χ0v) is 9.99. The number of methoxy groups -OCH3 is 1. The van der Waals surface area contributed by atoms with Crippen molar-refractivity contribution in [2.45, 2.75) is 6.42 Å². The highest BCUT2D eigenvalue weighted by Crippen LogP contribution is 2.41. The second-order valence-corrected chi connectivity index (χ2v) is 3.84. The molecule has 92 valence electrons. The van der Waals surface area contributed by atoms with Crippen molar-refractivity contribution >= 4 is 5.57 Å². The number of benzene rings is 1. The van der Waals surface area contributed by atoms with E-state index in [1.165, 1.54) is 0 Å². The molecule has 2 rings (SSSR count). The molecule has 0 bridgehead atoms. The molecule has 1 heterocycles. The van der Waals surface area contributed by atoms with Crippen LogP contribution >= 0.6 is 0 Å². The largest absolute Gasteiger partial charge is 0.493 e. The average Bonchev–Trinajstić information content (AvgIpc) is 2.37. The molecule has 17 heavy (non-hydrogen) atoms. The summed E-state index contributed by atoms with van der Waals surface area (Å²) in [6.07, 6.45) is 0.753. The predicted molar refractivity (Wildman–Crippen MR) is 66.7 cm³/mol. The van der Waals surface area contributed by atoms with E-state index in [4.69, 9.17) is 19.9 Å². The molecule has 1 aliphatic rings. The molecular weight excluding hydrogens is 218 g/mol. The standard InChI is InChI=1S/C13H17NO3/c1-9(3-4-14)10-7-11(15-2)13-12(8-10)16-5-6-17-13/h7-8H,1,3-6,14H2,2H3. The van der Waals surface area contributed by atoms with Crippen LogP contribution in [0.15, 0.2) is 18.7 Å². The van der Waals surface area contributed by atoms with Gasteiger partial charge in [-0.3, -0.25) is 0 Å². The van der Waals surface area contributed by atoms with Crippen LogP contribution in [0.2, 0.25) is 0 Å². The maximum atomic E-state index is 5.56. The van der Waals surface area contributed by atoms with Crippen LogP contribution in [0.4, 0.5) is 0 Å². The molecule has 0 saturated carbocycles. The molecule has 4 nitrogen and oxygen atoms in total. The lowest BCUT2D eigenvalue weighted by atomic mass is 10.0. The van der Waals surface area contributed by atoms with Gasteiger partial charge in [0.05, 0.1) is 7.11 Å². The maximum Gasteiger partial charge on any atom is 0.203 e. The summed E-state index contributed by atoms with van der Waals surface area (Å²) in [6, 6.07) is 3.83. The maximum absolute atomic E-state index is 5.56. The van der Waals surface area contributed by atoms with E-state index >= 15 is 0 Å². The van der Waals surface area contributed by atoms with Crippen molar-refractivity contribution < 1.29 is 14.2 Å². The van der Waals surface area contributed by atoms with E-state index in [0.717, 1.165) is 17.6 Å². The third kappa shape index (κ3) is 2.36. The molecule has 0 aliphatic carbocycles. The van der Waals surface area contributed by atoms with Gasteiger partial charge < -0.3 is 19.9 Å². The molecule has 0 amide bonds. The van der Waals surface area contributed by atoms with E-state index in [9.17, 15) is 0 Å². The van der Waals surface area contributed by atoms with E-state index in [-0.39, 0.29) is 0 Å². The Morgan fingerprint density at radius 1 is 1.41 bits per heavy atom. The van der Waals surface area contributed by atoms with Gasteiger partial charge in [-0.05, 0) is 36.2 Å². The van der Waals surface area contributed by atoms with E-state index < -0.39 is 0 Å². The molecule has 2 N–H and O–H groups in total. The smallest absolute Gasteiger partial charge is 0.203 e. The van der Waals surface area contributed by atoms with Crippen LogP contribution in [0.5, 0.6) is 17.2 Å². The first-order valence-corrected chi connectivity index (χ1v) is 5.62. The van der Waals surface area contributed by atoms with Gasteiger partial charge >= 0.3 is 0 Å². The Morgan fingerprint density at radius 3 is 2.88 bits per heavy atom. The lowest BCUT2D eigenvalue weighted by Gasteiger charge is -2.21. The third-order valence-electron chi connectivity index (χ3n) is 2.68. The Bertz CT molecular complexity index is 412. The third-order valence-corrected chi connectivity index (χ3v) is 2.68. The first-order chi connectivity index (χ1) is 8.26. The van der Waals surface area contributed by atoms with Crippen molar-refractivity contribution in [1.82, 2.24) is 0 Å². The van der Waals surface area contributed by atoms with Crippen LogP contribution in [0, 0.1) is 0 Å². The van der Waals surface area contributed by atoms with E-state index in [1.54, 1.807) is 7.11 Å². The highest BCUT2D eigenvalue weighted by atomic mass is 16.6. The number of ether oxygens (including phenoxy) is 3. The Balaban J connectivity index is 2.39. The van der Waals surface area contributed by atoms with Crippen molar-refractivity contribution in [1.29, 1.82) is 0 Å². The summed E-state index contributed by atoms with van der Waals surface area (Å²) in [5.41, 5.74) is 7.48. The fourth-order valence-electron chi connectivity index (χ4n) is 1.80. The second-order valence-electron chi connectivity index (χ2n) is 3.84. The van der Waals surface area contributed by atoms with Crippen LogP contribution in [-0.4, -0.2) is 26.9 Å². The Labute approximate surface area is 101 Å². The molecule has 0 saturated heterocycles. The minimum atomic E-state index is 0.548. The molecular formula is C13H17NO3. The summed E-state index contributed by atoms with van der Waals surface area (Å²) >= 11 is 0. The topological polar surface area (TPSA) is 53.7 Å². The molecule has 0 unspecified atom stereocenters. The Hall–Kier alpha value is -1.68. The molecule has 0 atom stereocenters. The number of nitrogens with two attached hydrogens (primary N) is 1. The first-order valence-electron chi connectivity index (χ1n) is 5.62. The molecule has 1 aliphatic heterocycles. The lowest BCUT2D eigenvalue weighted by molar-refractivity contribution is 0.165. The second kappa shape index (κ2) is 5.10. The number of hydrogen-bond acceptors (Lipinski definition) is 4. The van der Waals surface area contributed by atoms with Gasteiger partial charge in [0.2, 0.25) is 5.75 Å². The Morgan fingerprint density at radius 2 is 2.18 bits per heavy atom. The fraction of sp³-hybridized carbons (Fsp3) is 0.385. The minimum Gasteiger partial charge on any atom is -0.493 e. The van der Waals surface area contributed by atoms with Gasteiger partial charge in [0.25, 0.3) is 0 Å². The number of rotatable bonds is 4. The van der Waals surface area contributed by atoms with E-state index in [1.807, 2.05) is 12.1 Å². The molecule has 1 aromatic carbocycles.